The first kappa shape index (κ1) is 37.9. The zero-order valence-corrected chi connectivity index (χ0v) is 30.1. The van der Waals surface area contributed by atoms with Crippen molar-refractivity contribution in [3.05, 3.63) is 65.2 Å². The summed E-state index contributed by atoms with van der Waals surface area (Å²) < 4.78 is 13.4. The van der Waals surface area contributed by atoms with Gasteiger partial charge in [-0.1, -0.05) is 62.1 Å². The molecule has 50 heavy (non-hydrogen) atoms. The van der Waals surface area contributed by atoms with E-state index in [2.05, 4.69) is 15.5 Å². The van der Waals surface area contributed by atoms with Gasteiger partial charge in [-0.3, -0.25) is 19.3 Å². The topological polar surface area (TPSA) is 137 Å². The van der Waals surface area contributed by atoms with Gasteiger partial charge in [0.2, 0.25) is 11.8 Å². The van der Waals surface area contributed by atoms with Crippen LogP contribution in [0.3, 0.4) is 0 Å². The van der Waals surface area contributed by atoms with Crippen LogP contribution in [-0.2, 0) is 30.5 Å². The van der Waals surface area contributed by atoms with E-state index in [9.17, 15) is 19.5 Å². The minimum atomic E-state index is -0.789. The van der Waals surface area contributed by atoms with E-state index in [4.69, 9.17) is 14.6 Å². The fourth-order valence-electron chi connectivity index (χ4n) is 7.90. The molecule has 2 aliphatic heterocycles. The van der Waals surface area contributed by atoms with E-state index in [1.165, 1.54) is 19.3 Å². The number of carbonyl (C=O) groups is 3. The van der Waals surface area contributed by atoms with Gasteiger partial charge in [-0.2, -0.15) is 0 Å². The number of unbranched alkanes of at least 4 members (excludes halogenated alkanes) is 3. The fraction of sp³-hybridized carbons (Fsp3) is 0.625. The lowest BCUT2D eigenvalue weighted by Crippen LogP contribution is -2.61. The summed E-state index contributed by atoms with van der Waals surface area (Å²) in [5.41, 5.74) is 2.98. The number of hydrogen-bond donors (Lipinski definition) is 4. The van der Waals surface area contributed by atoms with Crippen LogP contribution in [-0.4, -0.2) is 63.2 Å². The highest BCUT2D eigenvalue weighted by molar-refractivity contribution is 5.90. The normalized spacial score (nSPS) is 25.8. The van der Waals surface area contributed by atoms with E-state index in [1.807, 2.05) is 69.3 Å². The number of aliphatic hydroxyl groups excluding tert-OH is 1. The molecule has 0 spiro atoms. The second-order valence-corrected chi connectivity index (χ2v) is 15.5. The Morgan fingerprint density at radius 2 is 1.62 bits per heavy atom. The maximum atomic E-state index is 13.7. The van der Waals surface area contributed by atoms with Gasteiger partial charge in [0.25, 0.3) is 0 Å². The number of rotatable bonds is 14. The molecule has 0 bridgehead atoms. The van der Waals surface area contributed by atoms with Crippen LogP contribution < -0.4 is 10.6 Å². The molecule has 10 nitrogen and oxygen atoms in total. The third kappa shape index (κ3) is 10.8. The lowest BCUT2D eigenvalue weighted by atomic mass is 9.75. The number of aliphatic hydroxyl groups is 1. The Morgan fingerprint density at radius 3 is 2.34 bits per heavy atom. The average Bonchev–Trinajstić information content (AvgIpc) is 3.09. The van der Waals surface area contributed by atoms with E-state index in [-0.39, 0.29) is 48.6 Å². The molecule has 6 atom stereocenters. The smallest absolute Gasteiger partial charge is 0.303 e. The summed E-state index contributed by atoms with van der Waals surface area (Å²) in [4.78, 5) is 39.7. The first-order valence-electron chi connectivity index (χ1n) is 18.7. The minimum Gasteiger partial charge on any atom is -0.481 e. The number of amides is 2. The number of nitrogens with one attached hydrogen (secondary N) is 2. The fourth-order valence-corrected chi connectivity index (χ4v) is 7.90. The van der Waals surface area contributed by atoms with Gasteiger partial charge in [0.05, 0.1) is 24.9 Å². The van der Waals surface area contributed by atoms with Crippen LogP contribution >= 0.6 is 0 Å². The Balaban J connectivity index is 1.33. The number of carboxylic acids is 1. The highest BCUT2D eigenvalue weighted by atomic mass is 16.7. The lowest BCUT2D eigenvalue weighted by Gasteiger charge is -2.50. The van der Waals surface area contributed by atoms with Crippen LogP contribution in [0.5, 0.6) is 0 Å². The number of hydrogen-bond acceptors (Lipinski definition) is 7. The van der Waals surface area contributed by atoms with Crippen molar-refractivity contribution in [3.8, 4) is 0 Å². The minimum absolute atomic E-state index is 0.0288. The molecule has 4 N–H and O–H groups in total. The Kier molecular flexibility index (Phi) is 13.5. The van der Waals surface area contributed by atoms with Gasteiger partial charge in [0.15, 0.2) is 6.29 Å². The average molecular weight is 692 g/mol. The van der Waals surface area contributed by atoms with Crippen LogP contribution in [0.2, 0.25) is 0 Å². The molecule has 10 heteroatoms. The highest BCUT2D eigenvalue weighted by Crippen LogP contribution is 2.42. The van der Waals surface area contributed by atoms with Crippen molar-refractivity contribution in [2.24, 2.45) is 5.92 Å². The number of carboxylic acid groups (broad SMARTS) is 1. The highest BCUT2D eigenvalue weighted by Gasteiger charge is 2.44. The van der Waals surface area contributed by atoms with Gasteiger partial charge in [-0.15, -0.1) is 0 Å². The van der Waals surface area contributed by atoms with Crippen molar-refractivity contribution in [3.63, 3.8) is 0 Å². The summed E-state index contributed by atoms with van der Waals surface area (Å²) in [6, 6.07) is 15.6. The van der Waals surface area contributed by atoms with Crippen LogP contribution in [0.15, 0.2) is 48.5 Å². The molecular formula is C40H57N3O7. The molecule has 2 saturated heterocycles. The molecule has 274 valence electrons. The molecule has 1 saturated carbocycles. The van der Waals surface area contributed by atoms with Crippen molar-refractivity contribution in [2.75, 3.05) is 11.9 Å². The predicted molar refractivity (Wildman–Crippen MR) is 192 cm³/mol. The van der Waals surface area contributed by atoms with Gasteiger partial charge >= 0.3 is 5.97 Å². The van der Waals surface area contributed by atoms with E-state index in [0.717, 1.165) is 48.8 Å². The number of likely N-dealkylation sites (tertiary alicyclic amines) is 1. The molecule has 0 radical (unpaired) electrons. The summed E-state index contributed by atoms with van der Waals surface area (Å²) in [7, 11) is 0. The maximum Gasteiger partial charge on any atom is 0.303 e. The van der Waals surface area contributed by atoms with Crippen molar-refractivity contribution in [1.82, 2.24) is 10.2 Å². The number of benzene rings is 2. The first-order chi connectivity index (χ1) is 24.0. The lowest BCUT2D eigenvalue weighted by molar-refractivity contribution is -0.255. The van der Waals surface area contributed by atoms with E-state index < -0.39 is 12.3 Å². The van der Waals surface area contributed by atoms with Gasteiger partial charge in [0, 0.05) is 48.6 Å². The second-order valence-electron chi connectivity index (χ2n) is 15.5. The molecule has 1 aliphatic carbocycles. The standard InChI is InChI=1S/C40H57N3O7/c1-40(2,3)42-38(48)34-22-21-28-11-8-9-14-33(28)43(34)25-32-24-35(29-19-17-27(26-44)18-20-29)50-39(49-32)30-12-10-13-31(23-30)41-36(45)15-6-4-5-7-16-37(46)47/h10,12-13,17-20,23,28,32-35,39,44H,4-9,11,14-16,21-22,24-26H2,1-3H3,(H,41,45)(H,42,48)(H,46,47). The molecule has 2 heterocycles. The van der Waals surface area contributed by atoms with E-state index >= 15 is 0 Å². The Morgan fingerprint density at radius 1 is 0.880 bits per heavy atom. The van der Waals surface area contributed by atoms with Crippen molar-refractivity contribution in [2.45, 2.75) is 147 Å². The monoisotopic (exact) mass is 691 g/mol. The number of ether oxygens (including phenoxy) is 2. The second kappa shape index (κ2) is 17.8. The summed E-state index contributed by atoms with van der Waals surface area (Å²) >= 11 is 0. The quantitative estimate of drug-likeness (QED) is 0.155. The van der Waals surface area contributed by atoms with E-state index in [1.54, 1.807) is 0 Å². The third-order valence-electron chi connectivity index (χ3n) is 10.3. The number of aliphatic carboxylic acids is 1. The molecule has 6 unspecified atom stereocenters. The van der Waals surface area contributed by atoms with Gasteiger partial charge in [-0.25, -0.2) is 0 Å². The Hall–Kier alpha value is -3.31. The Labute approximate surface area is 297 Å². The van der Waals surface area contributed by atoms with Gasteiger partial charge < -0.3 is 30.3 Å². The molecule has 2 amide bonds. The molecule has 3 aliphatic rings. The number of fused-ring (bicyclic) bond motifs is 1. The van der Waals surface area contributed by atoms with Crippen molar-refractivity contribution < 1.29 is 34.1 Å². The molecule has 0 aromatic heterocycles. The molecule has 2 aromatic rings. The summed E-state index contributed by atoms with van der Waals surface area (Å²) in [6.45, 7) is 6.68. The number of nitrogens with zero attached hydrogens (tertiary/aromatic N) is 1. The van der Waals surface area contributed by atoms with Gasteiger partial charge in [0.1, 0.15) is 0 Å². The van der Waals surface area contributed by atoms with Crippen LogP contribution in [0.4, 0.5) is 5.69 Å². The molecule has 3 fully saturated rings. The number of anilines is 1. The molecule has 2 aromatic carbocycles. The summed E-state index contributed by atoms with van der Waals surface area (Å²) in [6.07, 6.45) is 9.54. The van der Waals surface area contributed by atoms with Crippen molar-refractivity contribution >= 4 is 23.5 Å². The SMILES string of the molecule is CC(C)(C)NC(=O)C1CCC2CCCCC2N1CC1CC(c2ccc(CO)cc2)OC(c2cccc(NC(=O)CCCCCCC(=O)O)c2)O1. The van der Waals surface area contributed by atoms with Crippen molar-refractivity contribution in [1.29, 1.82) is 0 Å². The van der Waals surface area contributed by atoms with Crippen LogP contribution in [0, 0.1) is 5.92 Å². The number of piperidine rings is 1. The molecule has 5 rings (SSSR count). The zero-order chi connectivity index (χ0) is 35.7. The Bertz CT molecular complexity index is 1420. The van der Waals surface area contributed by atoms with Crippen LogP contribution in [0.1, 0.15) is 133 Å². The summed E-state index contributed by atoms with van der Waals surface area (Å²) in [5.74, 6) is -0.199. The maximum absolute atomic E-state index is 13.7. The van der Waals surface area contributed by atoms with E-state index in [0.29, 0.717) is 49.9 Å². The predicted octanol–water partition coefficient (Wildman–Crippen LogP) is 7.03. The van der Waals surface area contributed by atoms with Crippen LogP contribution in [0.25, 0.3) is 0 Å². The zero-order valence-electron chi connectivity index (χ0n) is 30.1. The van der Waals surface area contributed by atoms with Gasteiger partial charge in [-0.05, 0) is 88.5 Å². The largest absolute Gasteiger partial charge is 0.481 e. The molecular weight excluding hydrogens is 634 g/mol. The number of carbonyl (C=O) groups excluding carboxylic acids is 2. The third-order valence-corrected chi connectivity index (χ3v) is 10.3. The first-order valence-corrected chi connectivity index (χ1v) is 18.7. The summed E-state index contributed by atoms with van der Waals surface area (Å²) in [5, 5.41) is 24.7.